The SMILES string of the molecule is Cc1ccc([C@H]2c3c(C)nn(-c4ccc(Cl)cc4)c3N=C3C=Cc4ccccc4N32)cc1. The summed E-state index contributed by atoms with van der Waals surface area (Å²) in [5, 5.41) is 5.62. The Morgan fingerprint density at radius 2 is 1.59 bits per heavy atom. The van der Waals surface area contributed by atoms with Crippen molar-refractivity contribution in [1.29, 1.82) is 0 Å². The molecule has 0 amide bonds. The second kappa shape index (κ2) is 7.21. The quantitative estimate of drug-likeness (QED) is 0.346. The van der Waals surface area contributed by atoms with Crippen LogP contribution in [0.2, 0.25) is 5.02 Å². The van der Waals surface area contributed by atoms with Gasteiger partial charge >= 0.3 is 0 Å². The molecule has 0 saturated carbocycles. The molecule has 0 unspecified atom stereocenters. The monoisotopic (exact) mass is 436 g/mol. The van der Waals surface area contributed by atoms with Gasteiger partial charge in [-0.05, 0) is 67.5 Å². The normalized spacial score (nSPS) is 16.3. The molecular weight excluding hydrogens is 416 g/mol. The topological polar surface area (TPSA) is 33.4 Å². The summed E-state index contributed by atoms with van der Waals surface area (Å²) < 4.78 is 1.93. The molecule has 2 aliphatic heterocycles. The third-order valence-corrected chi connectivity index (χ3v) is 6.40. The average Bonchev–Trinajstić information content (AvgIpc) is 3.14. The molecule has 0 N–H and O–H groups in total. The maximum atomic E-state index is 6.13. The minimum Gasteiger partial charge on any atom is -0.314 e. The van der Waals surface area contributed by atoms with Crippen LogP contribution in [0, 0.1) is 13.8 Å². The summed E-state index contributed by atoms with van der Waals surface area (Å²) in [4.78, 5) is 7.44. The Morgan fingerprint density at radius 3 is 2.38 bits per heavy atom. The summed E-state index contributed by atoms with van der Waals surface area (Å²) in [5.74, 6) is 1.78. The fourth-order valence-electron chi connectivity index (χ4n) is 4.60. The number of aryl methyl sites for hydroxylation is 2. The fourth-order valence-corrected chi connectivity index (χ4v) is 4.72. The Balaban J connectivity index is 1.62. The third kappa shape index (κ3) is 2.91. The van der Waals surface area contributed by atoms with Crippen LogP contribution in [0.3, 0.4) is 0 Å². The number of rotatable bonds is 2. The number of aliphatic imine (C=N–C) groups is 1. The van der Waals surface area contributed by atoms with Crippen LogP contribution in [0.4, 0.5) is 11.5 Å². The van der Waals surface area contributed by atoms with Crippen molar-refractivity contribution in [3.63, 3.8) is 0 Å². The van der Waals surface area contributed by atoms with Gasteiger partial charge in [-0.1, -0.05) is 59.6 Å². The number of halogens is 1. The highest BCUT2D eigenvalue weighted by atomic mass is 35.5. The van der Waals surface area contributed by atoms with Gasteiger partial charge in [0.1, 0.15) is 5.84 Å². The molecule has 0 aliphatic carbocycles. The molecule has 3 heterocycles. The Kier molecular flexibility index (Phi) is 4.30. The van der Waals surface area contributed by atoms with Crippen molar-refractivity contribution in [2.75, 3.05) is 4.90 Å². The molecule has 0 radical (unpaired) electrons. The van der Waals surface area contributed by atoms with Crippen molar-refractivity contribution in [1.82, 2.24) is 9.78 Å². The lowest BCUT2D eigenvalue weighted by atomic mass is 9.92. The van der Waals surface area contributed by atoms with Crippen LogP contribution in [0.1, 0.15) is 34.0 Å². The molecule has 32 heavy (non-hydrogen) atoms. The number of nitrogens with zero attached hydrogens (tertiary/aromatic N) is 4. The van der Waals surface area contributed by atoms with Crippen LogP contribution in [-0.4, -0.2) is 15.6 Å². The molecule has 156 valence electrons. The van der Waals surface area contributed by atoms with Crippen molar-refractivity contribution >= 4 is 35.0 Å². The van der Waals surface area contributed by atoms with Crippen molar-refractivity contribution in [2.45, 2.75) is 19.9 Å². The van der Waals surface area contributed by atoms with E-state index in [1.165, 1.54) is 16.7 Å². The number of fused-ring (bicyclic) bond motifs is 4. The zero-order chi connectivity index (χ0) is 21.8. The number of anilines is 1. The van der Waals surface area contributed by atoms with Gasteiger partial charge in [0.25, 0.3) is 0 Å². The minimum atomic E-state index is -0.0229. The first kappa shape index (κ1) is 19.1. The molecule has 1 atom stereocenters. The molecule has 0 saturated heterocycles. The van der Waals surface area contributed by atoms with Crippen LogP contribution < -0.4 is 4.90 Å². The summed E-state index contributed by atoms with van der Waals surface area (Å²) in [6, 6.07) is 25.0. The van der Waals surface area contributed by atoms with Gasteiger partial charge in [0.2, 0.25) is 0 Å². The molecule has 0 fully saturated rings. The molecule has 0 spiro atoms. The summed E-state index contributed by atoms with van der Waals surface area (Å²) in [5.41, 5.74) is 7.84. The van der Waals surface area contributed by atoms with E-state index >= 15 is 0 Å². The highest BCUT2D eigenvalue weighted by Crippen LogP contribution is 2.46. The van der Waals surface area contributed by atoms with Crippen LogP contribution in [0.15, 0.2) is 83.9 Å². The number of benzene rings is 3. The molecule has 5 heteroatoms. The highest BCUT2D eigenvalue weighted by Gasteiger charge is 2.37. The molecule has 4 nitrogen and oxygen atoms in total. The van der Waals surface area contributed by atoms with E-state index < -0.39 is 0 Å². The van der Waals surface area contributed by atoms with Crippen LogP contribution >= 0.6 is 11.6 Å². The van der Waals surface area contributed by atoms with Crippen LogP contribution in [0.5, 0.6) is 0 Å². The maximum absolute atomic E-state index is 6.13. The van der Waals surface area contributed by atoms with Crippen LogP contribution in [-0.2, 0) is 0 Å². The van der Waals surface area contributed by atoms with E-state index in [0.29, 0.717) is 5.02 Å². The predicted molar refractivity (Wildman–Crippen MR) is 131 cm³/mol. The number of amidine groups is 1. The van der Waals surface area contributed by atoms with Crippen molar-refractivity contribution in [3.8, 4) is 5.69 Å². The van der Waals surface area contributed by atoms with E-state index in [-0.39, 0.29) is 6.04 Å². The van der Waals surface area contributed by atoms with Gasteiger partial charge in [-0.25, -0.2) is 9.67 Å². The molecular formula is C27H21ClN4. The van der Waals surface area contributed by atoms with Gasteiger partial charge in [0.15, 0.2) is 5.82 Å². The smallest absolute Gasteiger partial charge is 0.163 e. The Labute approximate surface area is 192 Å². The van der Waals surface area contributed by atoms with Gasteiger partial charge in [0, 0.05) is 10.6 Å². The van der Waals surface area contributed by atoms with Gasteiger partial charge in [-0.2, -0.15) is 5.10 Å². The molecule has 2 aliphatic rings. The van der Waals surface area contributed by atoms with Crippen molar-refractivity contribution < 1.29 is 0 Å². The Hall–Kier alpha value is -3.63. The number of hydrogen-bond donors (Lipinski definition) is 0. The molecule has 6 rings (SSSR count). The van der Waals surface area contributed by atoms with Crippen molar-refractivity contribution in [2.24, 2.45) is 4.99 Å². The Morgan fingerprint density at radius 1 is 0.844 bits per heavy atom. The van der Waals surface area contributed by atoms with E-state index in [0.717, 1.165) is 34.3 Å². The highest BCUT2D eigenvalue weighted by molar-refractivity contribution is 6.30. The van der Waals surface area contributed by atoms with E-state index in [4.69, 9.17) is 21.7 Å². The first-order valence-electron chi connectivity index (χ1n) is 10.7. The zero-order valence-corrected chi connectivity index (χ0v) is 18.6. The predicted octanol–water partition coefficient (Wildman–Crippen LogP) is 6.81. The van der Waals surface area contributed by atoms with E-state index in [1.807, 2.05) is 28.9 Å². The fraction of sp³-hybridized carbons (Fsp3) is 0.111. The Bertz CT molecular complexity index is 1390. The first-order valence-corrected chi connectivity index (χ1v) is 11.0. The summed E-state index contributed by atoms with van der Waals surface area (Å²) in [7, 11) is 0. The molecule has 3 aromatic carbocycles. The van der Waals surface area contributed by atoms with Crippen molar-refractivity contribution in [3.05, 3.63) is 112 Å². The second-order valence-corrected chi connectivity index (χ2v) is 8.69. The van der Waals surface area contributed by atoms with Gasteiger partial charge in [-0.15, -0.1) is 0 Å². The van der Waals surface area contributed by atoms with Gasteiger partial charge < -0.3 is 4.90 Å². The number of hydrogen-bond acceptors (Lipinski definition) is 3. The van der Waals surface area contributed by atoms with E-state index in [2.05, 4.69) is 79.4 Å². The zero-order valence-electron chi connectivity index (χ0n) is 17.8. The molecule has 4 aromatic rings. The van der Waals surface area contributed by atoms with Gasteiger partial charge in [0.05, 0.1) is 23.1 Å². The summed E-state index contributed by atoms with van der Waals surface area (Å²) in [6.45, 7) is 4.18. The maximum Gasteiger partial charge on any atom is 0.163 e. The molecule has 1 aromatic heterocycles. The largest absolute Gasteiger partial charge is 0.314 e. The minimum absolute atomic E-state index is 0.0229. The summed E-state index contributed by atoms with van der Waals surface area (Å²) in [6.07, 6.45) is 4.23. The number of aromatic nitrogens is 2. The number of para-hydroxylation sites is 1. The average molecular weight is 437 g/mol. The standard InChI is InChI=1S/C27H21ClN4/c1-17-7-9-20(10-8-17)26-25-18(2)30-32(22-14-12-21(28)13-15-22)27(25)29-24-16-11-19-5-3-4-6-23(19)31(24)26/h3-16,26H,1-2H3/t26-/m0/s1. The lowest BCUT2D eigenvalue weighted by Gasteiger charge is -2.39. The van der Waals surface area contributed by atoms with E-state index in [1.54, 1.807) is 0 Å². The summed E-state index contributed by atoms with van der Waals surface area (Å²) >= 11 is 6.13. The lowest BCUT2D eigenvalue weighted by molar-refractivity contribution is 0.813. The lowest BCUT2D eigenvalue weighted by Crippen LogP contribution is -2.38. The second-order valence-electron chi connectivity index (χ2n) is 8.26. The first-order chi connectivity index (χ1) is 15.6. The van der Waals surface area contributed by atoms with Gasteiger partial charge in [-0.3, -0.25) is 0 Å². The third-order valence-electron chi connectivity index (χ3n) is 6.15. The molecule has 0 bridgehead atoms. The van der Waals surface area contributed by atoms with E-state index in [9.17, 15) is 0 Å². The van der Waals surface area contributed by atoms with Crippen LogP contribution in [0.25, 0.3) is 11.8 Å².